The third kappa shape index (κ3) is 2.28. The van der Waals surface area contributed by atoms with Crippen LogP contribution in [0, 0.1) is 11.3 Å². The number of anilines is 1. The van der Waals surface area contributed by atoms with Crippen LogP contribution in [-0.4, -0.2) is 24.6 Å². The Morgan fingerprint density at radius 2 is 2.38 bits per heavy atom. The highest BCUT2D eigenvalue weighted by atomic mass is 35.5. The lowest BCUT2D eigenvalue weighted by Gasteiger charge is -2.26. The molecular weight excluding hydrogens is 240 g/mol. The summed E-state index contributed by atoms with van der Waals surface area (Å²) in [6, 6.07) is 8.30. The zero-order valence-corrected chi connectivity index (χ0v) is 10.7. The second-order valence-corrected chi connectivity index (χ2v) is 5.46. The fourth-order valence-electron chi connectivity index (χ4n) is 1.85. The number of nitriles is 1. The molecule has 0 amide bonds. The number of rotatable bonds is 2. The first-order valence-corrected chi connectivity index (χ1v) is 6.76. The summed E-state index contributed by atoms with van der Waals surface area (Å²) in [5, 5.41) is 9.35. The molecular formula is C12H13ClN2S. The van der Waals surface area contributed by atoms with Gasteiger partial charge in [-0.1, -0.05) is 11.6 Å². The number of hydrogen-bond donors (Lipinski definition) is 0. The van der Waals surface area contributed by atoms with E-state index in [2.05, 4.69) is 18.0 Å². The number of thioether (sulfide) groups is 1. The molecule has 0 bridgehead atoms. The van der Waals surface area contributed by atoms with E-state index >= 15 is 0 Å². The number of benzene rings is 1. The first-order valence-electron chi connectivity index (χ1n) is 5.22. The molecule has 2 rings (SSSR count). The van der Waals surface area contributed by atoms with Crippen molar-refractivity contribution in [1.82, 2.24) is 0 Å². The molecule has 1 heterocycles. The van der Waals surface area contributed by atoms with Crippen LogP contribution < -0.4 is 4.90 Å². The van der Waals surface area contributed by atoms with Crippen molar-refractivity contribution in [3.05, 3.63) is 28.8 Å². The Balaban J connectivity index is 2.20. The van der Waals surface area contributed by atoms with Gasteiger partial charge in [-0.3, -0.25) is 0 Å². The molecule has 1 atom stereocenters. The minimum atomic E-state index is 0.539. The highest BCUT2D eigenvalue weighted by Gasteiger charge is 2.20. The van der Waals surface area contributed by atoms with E-state index in [1.165, 1.54) is 17.9 Å². The molecule has 1 aliphatic rings. The average Bonchev–Trinajstić information content (AvgIpc) is 2.81. The molecule has 1 aromatic carbocycles. The zero-order chi connectivity index (χ0) is 11.5. The molecule has 0 radical (unpaired) electrons. The monoisotopic (exact) mass is 252 g/mol. The Kier molecular flexibility index (Phi) is 3.63. The van der Waals surface area contributed by atoms with Gasteiger partial charge in [0.25, 0.3) is 0 Å². The normalized spacial score (nSPS) is 19.4. The summed E-state index contributed by atoms with van der Waals surface area (Å²) in [6.45, 7) is 0. The summed E-state index contributed by atoms with van der Waals surface area (Å²) in [4.78, 5) is 2.26. The van der Waals surface area contributed by atoms with Crippen LogP contribution in [0.25, 0.3) is 0 Å². The fraction of sp³-hybridized carbons (Fsp3) is 0.417. The second-order valence-electron chi connectivity index (χ2n) is 3.90. The summed E-state index contributed by atoms with van der Waals surface area (Å²) in [5.74, 6) is 2.41. The maximum absolute atomic E-state index is 8.81. The number of hydrogen-bond acceptors (Lipinski definition) is 3. The van der Waals surface area contributed by atoms with Crippen molar-refractivity contribution >= 4 is 29.1 Å². The Bertz CT molecular complexity index is 422. The lowest BCUT2D eigenvalue weighted by Crippen LogP contribution is -2.31. The fourth-order valence-corrected chi connectivity index (χ4v) is 3.34. The first kappa shape index (κ1) is 11.6. The summed E-state index contributed by atoms with van der Waals surface area (Å²) in [7, 11) is 2.09. The van der Waals surface area contributed by atoms with Gasteiger partial charge in [-0.25, -0.2) is 0 Å². The predicted molar refractivity (Wildman–Crippen MR) is 70.3 cm³/mol. The largest absolute Gasteiger partial charge is 0.371 e. The highest BCUT2D eigenvalue weighted by molar-refractivity contribution is 7.99. The van der Waals surface area contributed by atoms with Gasteiger partial charge in [0, 0.05) is 24.5 Å². The summed E-state index contributed by atoms with van der Waals surface area (Å²) in [6.07, 6.45) is 1.22. The smallest absolute Gasteiger partial charge is 0.101 e. The molecule has 0 aromatic heterocycles. The summed E-state index contributed by atoms with van der Waals surface area (Å²) >= 11 is 8.02. The first-order chi connectivity index (χ1) is 7.72. The Morgan fingerprint density at radius 3 is 2.94 bits per heavy atom. The number of halogens is 1. The zero-order valence-electron chi connectivity index (χ0n) is 9.11. The molecule has 1 fully saturated rings. The molecule has 1 aromatic rings. The van der Waals surface area contributed by atoms with Crippen LogP contribution in [0.2, 0.25) is 5.02 Å². The maximum atomic E-state index is 8.81. The molecule has 1 unspecified atom stereocenters. The van der Waals surface area contributed by atoms with Gasteiger partial charge in [-0.15, -0.1) is 0 Å². The molecule has 0 N–H and O–H groups in total. The predicted octanol–water partition coefficient (Wildman–Crippen LogP) is 3.15. The van der Waals surface area contributed by atoms with E-state index in [1.54, 1.807) is 6.07 Å². The van der Waals surface area contributed by atoms with Gasteiger partial charge in [0.1, 0.15) is 6.07 Å². The SMILES string of the molecule is CN(c1ccc(C#N)c(Cl)c1)C1CCSC1. The van der Waals surface area contributed by atoms with E-state index < -0.39 is 0 Å². The van der Waals surface area contributed by atoms with Gasteiger partial charge in [-0.2, -0.15) is 17.0 Å². The Hall–Kier alpha value is -0.850. The third-order valence-corrected chi connectivity index (χ3v) is 4.39. The van der Waals surface area contributed by atoms with Gasteiger partial charge >= 0.3 is 0 Å². The van der Waals surface area contributed by atoms with Gasteiger partial charge in [0.2, 0.25) is 0 Å². The molecule has 0 spiro atoms. The molecule has 16 heavy (non-hydrogen) atoms. The van der Waals surface area contributed by atoms with Gasteiger partial charge in [-0.05, 0) is 30.4 Å². The van der Waals surface area contributed by atoms with E-state index in [0.29, 0.717) is 16.6 Å². The van der Waals surface area contributed by atoms with Crippen LogP contribution in [0.1, 0.15) is 12.0 Å². The molecule has 0 saturated carbocycles. The van der Waals surface area contributed by atoms with E-state index in [-0.39, 0.29) is 0 Å². The van der Waals surface area contributed by atoms with Crippen LogP contribution in [0.4, 0.5) is 5.69 Å². The topological polar surface area (TPSA) is 27.0 Å². The van der Waals surface area contributed by atoms with Crippen molar-refractivity contribution in [2.24, 2.45) is 0 Å². The van der Waals surface area contributed by atoms with Crippen LogP contribution in [0.3, 0.4) is 0 Å². The lowest BCUT2D eigenvalue weighted by atomic mass is 10.1. The van der Waals surface area contributed by atoms with Crippen LogP contribution >= 0.6 is 23.4 Å². The van der Waals surface area contributed by atoms with E-state index in [0.717, 1.165) is 5.69 Å². The Labute approximate surface area is 105 Å². The standard InChI is InChI=1S/C12H13ClN2S/c1-15(11-4-5-16-8-11)10-3-2-9(7-14)12(13)6-10/h2-3,6,11H,4-5,8H2,1H3. The molecule has 1 aliphatic heterocycles. The molecule has 0 aliphatic carbocycles. The average molecular weight is 253 g/mol. The molecule has 1 saturated heterocycles. The highest BCUT2D eigenvalue weighted by Crippen LogP contribution is 2.28. The summed E-state index contributed by atoms with van der Waals surface area (Å²) < 4.78 is 0. The molecule has 84 valence electrons. The maximum Gasteiger partial charge on any atom is 0.101 e. The van der Waals surface area contributed by atoms with Gasteiger partial charge in [0.05, 0.1) is 10.6 Å². The van der Waals surface area contributed by atoms with Crippen molar-refractivity contribution < 1.29 is 0 Å². The third-order valence-electron chi connectivity index (χ3n) is 2.93. The van der Waals surface area contributed by atoms with Gasteiger partial charge < -0.3 is 4.90 Å². The van der Waals surface area contributed by atoms with Crippen LogP contribution in [0.15, 0.2) is 18.2 Å². The quantitative estimate of drug-likeness (QED) is 0.809. The molecule has 2 nitrogen and oxygen atoms in total. The van der Waals surface area contributed by atoms with Crippen molar-refractivity contribution in [3.8, 4) is 6.07 Å². The minimum Gasteiger partial charge on any atom is -0.371 e. The van der Waals surface area contributed by atoms with Gasteiger partial charge in [0.15, 0.2) is 0 Å². The number of nitrogens with zero attached hydrogens (tertiary/aromatic N) is 2. The van der Waals surface area contributed by atoms with E-state index in [9.17, 15) is 0 Å². The van der Waals surface area contributed by atoms with E-state index in [1.807, 2.05) is 23.9 Å². The van der Waals surface area contributed by atoms with Crippen molar-refractivity contribution in [2.45, 2.75) is 12.5 Å². The van der Waals surface area contributed by atoms with E-state index in [4.69, 9.17) is 16.9 Å². The minimum absolute atomic E-state index is 0.539. The molecule has 4 heteroatoms. The second kappa shape index (κ2) is 4.99. The van der Waals surface area contributed by atoms with Crippen molar-refractivity contribution in [1.29, 1.82) is 5.26 Å². The Morgan fingerprint density at radius 1 is 1.56 bits per heavy atom. The lowest BCUT2D eigenvalue weighted by molar-refractivity contribution is 0.700. The van der Waals surface area contributed by atoms with Crippen molar-refractivity contribution in [2.75, 3.05) is 23.5 Å². The summed E-state index contributed by atoms with van der Waals surface area (Å²) in [5.41, 5.74) is 1.64. The van der Waals surface area contributed by atoms with Crippen LogP contribution in [0.5, 0.6) is 0 Å². The van der Waals surface area contributed by atoms with Crippen molar-refractivity contribution in [3.63, 3.8) is 0 Å². The van der Waals surface area contributed by atoms with Crippen LogP contribution in [-0.2, 0) is 0 Å².